The van der Waals surface area contributed by atoms with Crippen LogP contribution in [0, 0.1) is 5.92 Å². The van der Waals surface area contributed by atoms with E-state index in [4.69, 9.17) is 0 Å². The number of anilines is 1. The molecule has 0 aromatic heterocycles. The predicted molar refractivity (Wildman–Crippen MR) is 92.9 cm³/mol. The van der Waals surface area contributed by atoms with E-state index in [1.54, 1.807) is 4.90 Å². The van der Waals surface area contributed by atoms with E-state index in [1.807, 2.05) is 54.6 Å². The van der Waals surface area contributed by atoms with Gasteiger partial charge in [0.05, 0.1) is 0 Å². The number of nitrogens with zero attached hydrogens (tertiary/aromatic N) is 1. The Labute approximate surface area is 143 Å². The zero-order valence-electron chi connectivity index (χ0n) is 12.5. The van der Waals surface area contributed by atoms with Gasteiger partial charge < -0.3 is 10.2 Å². The summed E-state index contributed by atoms with van der Waals surface area (Å²) in [6.07, 6.45) is 0.554. The van der Waals surface area contributed by atoms with E-state index in [-0.39, 0.29) is 11.8 Å². The minimum Gasteiger partial charge on any atom is -0.351 e. The number of benzene rings is 2. The van der Waals surface area contributed by atoms with E-state index in [9.17, 15) is 9.59 Å². The van der Waals surface area contributed by atoms with E-state index in [0.717, 1.165) is 15.7 Å². The molecular formula is C18H17BrN2O2. The summed E-state index contributed by atoms with van der Waals surface area (Å²) in [4.78, 5) is 26.5. The molecule has 1 atom stereocenters. The summed E-state index contributed by atoms with van der Waals surface area (Å²) in [7, 11) is 0. The first-order chi connectivity index (χ1) is 11.1. The van der Waals surface area contributed by atoms with Crippen molar-refractivity contribution >= 4 is 33.4 Å². The summed E-state index contributed by atoms with van der Waals surface area (Å²) < 4.78 is 0.969. The maximum Gasteiger partial charge on any atom is 0.239 e. The van der Waals surface area contributed by atoms with Crippen molar-refractivity contribution in [1.29, 1.82) is 0 Å². The van der Waals surface area contributed by atoms with E-state index in [1.165, 1.54) is 0 Å². The zero-order chi connectivity index (χ0) is 16.2. The topological polar surface area (TPSA) is 49.4 Å². The predicted octanol–water partition coefficient (Wildman–Crippen LogP) is 3.12. The lowest BCUT2D eigenvalue weighted by molar-refractivity contribution is -0.132. The van der Waals surface area contributed by atoms with Crippen molar-refractivity contribution in [2.75, 3.05) is 11.4 Å². The lowest BCUT2D eigenvalue weighted by atomic mass is 10.1. The molecule has 23 heavy (non-hydrogen) atoms. The van der Waals surface area contributed by atoms with Gasteiger partial charge in [0.25, 0.3) is 0 Å². The molecule has 5 heteroatoms. The molecule has 0 radical (unpaired) electrons. The number of carbonyl (C=O) groups excluding carboxylic acids is 2. The third-order valence-corrected chi connectivity index (χ3v) is 4.44. The summed E-state index contributed by atoms with van der Waals surface area (Å²) in [5, 5.41) is 2.86. The van der Waals surface area contributed by atoms with Crippen LogP contribution in [-0.4, -0.2) is 18.4 Å². The molecule has 0 spiro atoms. The molecule has 0 aliphatic carbocycles. The average Bonchev–Trinajstić information content (AvgIpc) is 2.95. The molecule has 1 saturated heterocycles. The largest absolute Gasteiger partial charge is 0.351 e. The Kier molecular flexibility index (Phi) is 4.76. The Morgan fingerprint density at radius 2 is 1.96 bits per heavy atom. The number of rotatable bonds is 4. The van der Waals surface area contributed by atoms with Gasteiger partial charge >= 0.3 is 0 Å². The van der Waals surface area contributed by atoms with Gasteiger partial charge in [-0.2, -0.15) is 0 Å². The summed E-state index contributed by atoms with van der Waals surface area (Å²) in [6.45, 7) is 1.01. The van der Waals surface area contributed by atoms with Crippen LogP contribution >= 0.6 is 15.9 Å². The molecular weight excluding hydrogens is 356 g/mol. The Hall–Kier alpha value is -2.14. The fraction of sp³-hybridized carbons (Fsp3) is 0.222. The molecule has 1 heterocycles. The highest BCUT2D eigenvalue weighted by Crippen LogP contribution is 2.25. The van der Waals surface area contributed by atoms with Gasteiger partial charge in [-0.05, 0) is 36.2 Å². The molecule has 0 unspecified atom stereocenters. The number of hydrogen-bond donors (Lipinski definition) is 1. The summed E-state index contributed by atoms with van der Waals surface area (Å²) in [6, 6.07) is 17.2. The number of hydrogen-bond acceptors (Lipinski definition) is 2. The normalized spacial score (nSPS) is 17.3. The molecule has 1 aliphatic heterocycles. The first kappa shape index (κ1) is 15.7. The van der Waals surface area contributed by atoms with Crippen molar-refractivity contribution in [1.82, 2.24) is 5.32 Å². The van der Waals surface area contributed by atoms with Crippen molar-refractivity contribution in [3.8, 4) is 0 Å². The average molecular weight is 373 g/mol. The summed E-state index contributed by atoms with van der Waals surface area (Å²) >= 11 is 3.41. The van der Waals surface area contributed by atoms with Crippen LogP contribution < -0.4 is 10.2 Å². The minimum absolute atomic E-state index is 0.122. The number of carbonyl (C=O) groups is 2. The van der Waals surface area contributed by atoms with Gasteiger partial charge in [-0.1, -0.05) is 46.3 Å². The summed E-state index contributed by atoms with van der Waals surface area (Å²) in [5.74, 6) is -0.918. The van der Waals surface area contributed by atoms with Crippen LogP contribution in [0.2, 0.25) is 0 Å². The van der Waals surface area contributed by atoms with Crippen LogP contribution in [0.25, 0.3) is 0 Å². The second-order valence-electron chi connectivity index (χ2n) is 5.51. The molecule has 2 aromatic rings. The lowest BCUT2D eigenvalue weighted by Gasteiger charge is -2.16. The molecule has 1 N–H and O–H groups in total. The van der Waals surface area contributed by atoms with Crippen LogP contribution in [0.15, 0.2) is 59.1 Å². The maximum absolute atomic E-state index is 12.5. The fourth-order valence-corrected chi connectivity index (χ4v) is 3.19. The fourth-order valence-electron chi connectivity index (χ4n) is 2.75. The van der Waals surface area contributed by atoms with Crippen LogP contribution in [0.4, 0.5) is 5.69 Å². The van der Waals surface area contributed by atoms with E-state index in [0.29, 0.717) is 19.5 Å². The molecule has 118 valence electrons. The highest BCUT2D eigenvalue weighted by molar-refractivity contribution is 9.10. The van der Waals surface area contributed by atoms with Crippen molar-refractivity contribution in [3.05, 3.63) is 64.6 Å². The van der Waals surface area contributed by atoms with E-state index >= 15 is 0 Å². The van der Waals surface area contributed by atoms with E-state index in [2.05, 4.69) is 21.2 Å². The third kappa shape index (κ3) is 3.62. The van der Waals surface area contributed by atoms with Crippen molar-refractivity contribution in [2.24, 2.45) is 5.92 Å². The molecule has 1 aliphatic rings. The number of nitrogens with one attached hydrogen (secondary N) is 1. The molecule has 2 aromatic carbocycles. The molecule has 2 amide bonds. The van der Waals surface area contributed by atoms with Gasteiger partial charge in [-0.25, -0.2) is 0 Å². The van der Waals surface area contributed by atoms with Crippen molar-refractivity contribution < 1.29 is 9.59 Å². The van der Waals surface area contributed by atoms with Crippen molar-refractivity contribution in [3.63, 3.8) is 0 Å². The van der Waals surface area contributed by atoms with Crippen LogP contribution in [0.5, 0.6) is 0 Å². The monoisotopic (exact) mass is 372 g/mol. The number of amides is 2. The van der Waals surface area contributed by atoms with Gasteiger partial charge in [0, 0.05) is 23.2 Å². The standard InChI is InChI=1S/C18H17BrN2O2/c19-14-6-4-5-13(11-14)12-20-17(22)16-9-10-21(18(16)23)15-7-2-1-3-8-15/h1-8,11,16H,9-10,12H2,(H,20,22)/t16-/m0/s1. The van der Waals surface area contributed by atoms with Gasteiger partial charge in [0.1, 0.15) is 5.92 Å². The quantitative estimate of drug-likeness (QED) is 0.838. The maximum atomic E-state index is 12.5. The summed E-state index contributed by atoms with van der Waals surface area (Å²) in [5.41, 5.74) is 1.85. The first-order valence-electron chi connectivity index (χ1n) is 7.54. The van der Waals surface area contributed by atoms with E-state index < -0.39 is 5.92 Å². The highest BCUT2D eigenvalue weighted by atomic mass is 79.9. The second-order valence-corrected chi connectivity index (χ2v) is 6.43. The molecule has 4 nitrogen and oxygen atoms in total. The van der Waals surface area contributed by atoms with Crippen LogP contribution in [0.3, 0.4) is 0 Å². The smallest absolute Gasteiger partial charge is 0.239 e. The highest BCUT2D eigenvalue weighted by Gasteiger charge is 2.37. The molecule has 0 saturated carbocycles. The Bertz CT molecular complexity index is 718. The lowest BCUT2D eigenvalue weighted by Crippen LogP contribution is -2.36. The SMILES string of the molecule is O=C(NCc1cccc(Br)c1)[C@@H]1CCN(c2ccccc2)C1=O. The van der Waals surface area contributed by atoms with Gasteiger partial charge in [0.2, 0.25) is 11.8 Å². The third-order valence-electron chi connectivity index (χ3n) is 3.95. The zero-order valence-corrected chi connectivity index (χ0v) is 14.1. The van der Waals surface area contributed by atoms with Crippen LogP contribution in [0.1, 0.15) is 12.0 Å². The molecule has 3 rings (SSSR count). The van der Waals surface area contributed by atoms with Gasteiger partial charge in [-0.15, -0.1) is 0 Å². The van der Waals surface area contributed by atoms with Crippen LogP contribution in [-0.2, 0) is 16.1 Å². The van der Waals surface area contributed by atoms with Gasteiger partial charge in [0.15, 0.2) is 0 Å². The second kappa shape index (κ2) is 6.96. The molecule has 0 bridgehead atoms. The number of para-hydroxylation sites is 1. The van der Waals surface area contributed by atoms with Gasteiger partial charge in [-0.3, -0.25) is 9.59 Å². The Morgan fingerprint density at radius 3 is 2.70 bits per heavy atom. The van der Waals surface area contributed by atoms with Crippen molar-refractivity contribution in [2.45, 2.75) is 13.0 Å². The Balaban J connectivity index is 1.61. The molecule has 1 fully saturated rings. The first-order valence-corrected chi connectivity index (χ1v) is 8.33. The Morgan fingerprint density at radius 1 is 1.17 bits per heavy atom. The minimum atomic E-state index is -0.595. The number of halogens is 1.